The third-order valence-electron chi connectivity index (χ3n) is 1.76. The van der Waals surface area contributed by atoms with E-state index in [0.29, 0.717) is 5.92 Å². The Labute approximate surface area is 87.9 Å². The number of hydrogen-bond donors (Lipinski definition) is 0. The minimum absolute atomic E-state index is 0.518. The van der Waals surface area contributed by atoms with Gasteiger partial charge in [-0.1, -0.05) is 45.9 Å². The maximum absolute atomic E-state index is 4.35. The first-order chi connectivity index (χ1) is 6.74. The van der Waals surface area contributed by atoms with Crippen molar-refractivity contribution >= 4 is 6.08 Å². The second-order valence-electron chi connectivity index (χ2n) is 3.17. The molecule has 1 heteroatoms. The maximum Gasteiger partial charge on any atom is 0.0429 e. The topological polar surface area (TPSA) is 12.9 Å². The van der Waals surface area contributed by atoms with Crippen LogP contribution in [0, 0.1) is 0 Å². The monoisotopic (exact) mass is 191 g/mol. The van der Waals surface area contributed by atoms with Gasteiger partial charge < -0.3 is 0 Å². The molecule has 1 nitrogen and oxygen atoms in total. The molecular formula is C13H21N. The van der Waals surface area contributed by atoms with Crippen molar-refractivity contribution < 1.29 is 0 Å². The van der Waals surface area contributed by atoms with E-state index in [9.17, 15) is 0 Å². The molecule has 14 heavy (non-hydrogen) atoms. The summed E-state index contributed by atoms with van der Waals surface area (Å²) in [6.07, 6.45) is 5.98. The highest BCUT2D eigenvalue weighted by atomic mass is 14.7. The molecule has 0 aliphatic carbocycles. The number of allylic oxidation sites excluding steroid dienone is 1. The first kappa shape index (κ1) is 12.9. The van der Waals surface area contributed by atoms with Gasteiger partial charge in [0.1, 0.15) is 0 Å². The summed E-state index contributed by atoms with van der Waals surface area (Å²) < 4.78 is 0. The molecular weight excluding hydrogens is 170 g/mol. The number of hydrogen-bond acceptors (Lipinski definition) is 1. The van der Waals surface area contributed by atoms with E-state index >= 15 is 0 Å². The Morgan fingerprint density at radius 3 is 2.21 bits per heavy atom. The lowest BCUT2D eigenvalue weighted by Crippen LogP contribution is -1.91. The summed E-state index contributed by atoms with van der Waals surface area (Å²) >= 11 is 0. The molecule has 1 heterocycles. The Balaban J connectivity index is 0.000000791. The van der Waals surface area contributed by atoms with Crippen LogP contribution in [-0.2, 0) is 0 Å². The maximum atomic E-state index is 4.35. The first-order valence-electron chi connectivity index (χ1n) is 5.32. The molecule has 0 unspecified atom stereocenters. The quantitative estimate of drug-likeness (QED) is 0.680. The fourth-order valence-electron chi connectivity index (χ4n) is 1.05. The summed E-state index contributed by atoms with van der Waals surface area (Å²) in [5.74, 6) is 0.518. The van der Waals surface area contributed by atoms with Crippen LogP contribution >= 0.6 is 0 Å². The van der Waals surface area contributed by atoms with Crippen LogP contribution in [0.4, 0.5) is 0 Å². The van der Waals surface area contributed by atoms with Gasteiger partial charge in [-0.05, 0) is 24.5 Å². The summed E-state index contributed by atoms with van der Waals surface area (Å²) in [7, 11) is 0. The van der Waals surface area contributed by atoms with Crippen LogP contribution in [0.25, 0.3) is 6.08 Å². The molecule has 0 bridgehead atoms. The van der Waals surface area contributed by atoms with E-state index in [1.165, 1.54) is 5.56 Å². The lowest BCUT2D eigenvalue weighted by Gasteiger charge is -2.02. The summed E-state index contributed by atoms with van der Waals surface area (Å²) in [6, 6.07) is 4.18. The van der Waals surface area contributed by atoms with E-state index in [2.05, 4.69) is 37.0 Å². The van der Waals surface area contributed by atoms with Crippen LogP contribution in [0.1, 0.15) is 51.8 Å². The number of nitrogens with zero attached hydrogens (tertiary/aromatic N) is 1. The van der Waals surface area contributed by atoms with Gasteiger partial charge in [0.25, 0.3) is 0 Å². The predicted octanol–water partition coefficient (Wildman–Crippen LogP) is 4.26. The van der Waals surface area contributed by atoms with E-state index in [0.717, 1.165) is 5.69 Å². The number of aromatic nitrogens is 1. The highest BCUT2D eigenvalue weighted by molar-refractivity contribution is 5.47. The van der Waals surface area contributed by atoms with Gasteiger partial charge in [-0.15, -0.1) is 0 Å². The van der Waals surface area contributed by atoms with E-state index < -0.39 is 0 Å². The van der Waals surface area contributed by atoms with Crippen molar-refractivity contribution in [3.8, 4) is 0 Å². The van der Waals surface area contributed by atoms with Crippen molar-refractivity contribution in [2.75, 3.05) is 0 Å². The molecule has 0 saturated carbocycles. The normalized spacial score (nSPS) is 10.1. The van der Waals surface area contributed by atoms with Crippen molar-refractivity contribution in [3.05, 3.63) is 35.7 Å². The SMILES string of the molecule is C/C=C/c1ccc(C(C)C)nc1.CC. The van der Waals surface area contributed by atoms with Crippen molar-refractivity contribution in [1.82, 2.24) is 4.98 Å². The lowest BCUT2D eigenvalue weighted by molar-refractivity contribution is 0.822. The van der Waals surface area contributed by atoms with E-state index in [4.69, 9.17) is 0 Å². The van der Waals surface area contributed by atoms with Gasteiger partial charge in [-0.3, -0.25) is 4.98 Å². The van der Waals surface area contributed by atoms with Crippen molar-refractivity contribution in [2.24, 2.45) is 0 Å². The molecule has 0 aromatic carbocycles. The van der Waals surface area contributed by atoms with E-state index in [1.807, 2.05) is 33.0 Å². The van der Waals surface area contributed by atoms with Crippen molar-refractivity contribution in [3.63, 3.8) is 0 Å². The smallest absolute Gasteiger partial charge is 0.0429 e. The predicted molar refractivity (Wildman–Crippen MR) is 64.4 cm³/mol. The van der Waals surface area contributed by atoms with E-state index in [-0.39, 0.29) is 0 Å². The molecule has 0 N–H and O–H groups in total. The molecule has 1 aromatic rings. The standard InChI is InChI=1S/C11H15N.C2H6/c1-4-5-10-6-7-11(9(2)3)12-8-10;1-2/h4-9H,1-3H3;1-2H3/b5-4+;. The number of rotatable bonds is 2. The Morgan fingerprint density at radius 1 is 1.21 bits per heavy atom. The summed E-state index contributed by atoms with van der Waals surface area (Å²) in [6.45, 7) is 10.3. The molecule has 0 spiro atoms. The largest absolute Gasteiger partial charge is 0.260 e. The van der Waals surface area contributed by atoms with Crippen LogP contribution < -0.4 is 0 Å². The zero-order valence-corrected chi connectivity index (χ0v) is 9.91. The third kappa shape index (κ3) is 4.22. The van der Waals surface area contributed by atoms with Gasteiger partial charge in [0, 0.05) is 11.9 Å². The fourth-order valence-corrected chi connectivity index (χ4v) is 1.05. The molecule has 0 atom stereocenters. The summed E-state index contributed by atoms with van der Waals surface area (Å²) in [5.41, 5.74) is 2.32. The van der Waals surface area contributed by atoms with Gasteiger partial charge in [0.15, 0.2) is 0 Å². The van der Waals surface area contributed by atoms with Crippen LogP contribution in [0.5, 0.6) is 0 Å². The summed E-state index contributed by atoms with van der Waals surface area (Å²) in [4.78, 5) is 4.35. The van der Waals surface area contributed by atoms with Gasteiger partial charge in [0.2, 0.25) is 0 Å². The van der Waals surface area contributed by atoms with Crippen LogP contribution in [0.3, 0.4) is 0 Å². The fraction of sp³-hybridized carbons (Fsp3) is 0.462. The Hall–Kier alpha value is -1.11. The van der Waals surface area contributed by atoms with Crippen LogP contribution in [-0.4, -0.2) is 4.98 Å². The molecule has 0 amide bonds. The first-order valence-corrected chi connectivity index (χ1v) is 5.32. The minimum Gasteiger partial charge on any atom is -0.260 e. The highest BCUT2D eigenvalue weighted by Gasteiger charge is 1.98. The third-order valence-corrected chi connectivity index (χ3v) is 1.76. The Kier molecular flexibility index (Phi) is 6.73. The van der Waals surface area contributed by atoms with Gasteiger partial charge >= 0.3 is 0 Å². The molecule has 1 rings (SSSR count). The van der Waals surface area contributed by atoms with Crippen LogP contribution in [0.2, 0.25) is 0 Å². The molecule has 1 aromatic heterocycles. The van der Waals surface area contributed by atoms with Crippen molar-refractivity contribution in [1.29, 1.82) is 0 Å². The van der Waals surface area contributed by atoms with E-state index in [1.54, 1.807) is 0 Å². The Morgan fingerprint density at radius 2 is 1.86 bits per heavy atom. The molecule has 0 aliphatic rings. The average Bonchev–Trinajstić information content (AvgIpc) is 2.22. The number of pyridine rings is 1. The minimum atomic E-state index is 0.518. The lowest BCUT2D eigenvalue weighted by atomic mass is 10.1. The molecule has 0 aliphatic heterocycles. The average molecular weight is 191 g/mol. The molecule has 0 fully saturated rings. The van der Waals surface area contributed by atoms with Crippen LogP contribution in [0.15, 0.2) is 24.4 Å². The Bertz CT molecular complexity index is 257. The van der Waals surface area contributed by atoms with Gasteiger partial charge in [-0.2, -0.15) is 0 Å². The summed E-state index contributed by atoms with van der Waals surface area (Å²) in [5, 5.41) is 0. The second kappa shape index (κ2) is 7.31. The zero-order valence-electron chi connectivity index (χ0n) is 9.91. The van der Waals surface area contributed by atoms with Gasteiger partial charge in [0.05, 0.1) is 0 Å². The molecule has 0 saturated heterocycles. The molecule has 78 valence electrons. The molecule has 0 radical (unpaired) electrons. The van der Waals surface area contributed by atoms with Gasteiger partial charge in [-0.25, -0.2) is 0 Å². The van der Waals surface area contributed by atoms with Crippen molar-refractivity contribution in [2.45, 2.75) is 40.5 Å². The highest BCUT2D eigenvalue weighted by Crippen LogP contribution is 2.11. The zero-order chi connectivity index (χ0) is 11.0. The second-order valence-corrected chi connectivity index (χ2v) is 3.17.